The van der Waals surface area contributed by atoms with Crippen LogP contribution in [0.1, 0.15) is 46.1 Å². The number of hydrogen-bond donors (Lipinski definition) is 2. The second kappa shape index (κ2) is 14.6. The van der Waals surface area contributed by atoms with E-state index in [0.717, 1.165) is 56.3 Å². The van der Waals surface area contributed by atoms with Gasteiger partial charge in [-0.1, -0.05) is 32.0 Å². The Bertz CT molecular complexity index is 701. The molecule has 180 valence electrons. The average molecular weight is 448 g/mol. The van der Waals surface area contributed by atoms with Gasteiger partial charge in [0.2, 0.25) is 0 Å². The van der Waals surface area contributed by atoms with Crippen LogP contribution in [0.25, 0.3) is 0 Å². The summed E-state index contributed by atoms with van der Waals surface area (Å²) in [5, 5.41) is 6.86. The number of para-hydroxylation sites is 1. The zero-order chi connectivity index (χ0) is 23.2. The van der Waals surface area contributed by atoms with Gasteiger partial charge in [0.15, 0.2) is 5.96 Å². The smallest absolute Gasteiger partial charge is 0.409 e. The van der Waals surface area contributed by atoms with Gasteiger partial charge in [-0.3, -0.25) is 0 Å². The number of benzene rings is 1. The summed E-state index contributed by atoms with van der Waals surface area (Å²) < 4.78 is 11.2. The molecule has 2 rings (SSSR count). The average Bonchev–Trinajstić information content (AvgIpc) is 2.81. The third kappa shape index (κ3) is 8.57. The van der Waals surface area contributed by atoms with E-state index >= 15 is 0 Å². The predicted molar refractivity (Wildman–Crippen MR) is 129 cm³/mol. The van der Waals surface area contributed by atoms with Crippen LogP contribution in [0.2, 0.25) is 0 Å². The van der Waals surface area contributed by atoms with Crippen LogP contribution in [0.4, 0.5) is 4.79 Å². The minimum atomic E-state index is -0.218. The Morgan fingerprint density at radius 1 is 1.16 bits per heavy atom. The van der Waals surface area contributed by atoms with Crippen LogP contribution in [-0.4, -0.2) is 80.4 Å². The van der Waals surface area contributed by atoms with E-state index in [1.54, 1.807) is 4.90 Å². The number of likely N-dealkylation sites (tertiary alicyclic amines) is 1. The lowest BCUT2D eigenvalue weighted by molar-refractivity contribution is 0.0963. The normalized spacial score (nSPS) is 15.0. The molecule has 1 aliphatic heterocycles. The van der Waals surface area contributed by atoms with Crippen molar-refractivity contribution in [2.75, 3.05) is 52.5 Å². The lowest BCUT2D eigenvalue weighted by Gasteiger charge is -2.32. The van der Waals surface area contributed by atoms with E-state index in [9.17, 15) is 4.79 Å². The molecule has 1 aromatic carbocycles. The van der Waals surface area contributed by atoms with Crippen molar-refractivity contribution in [2.24, 2.45) is 4.99 Å². The van der Waals surface area contributed by atoms with Crippen molar-refractivity contribution < 1.29 is 14.3 Å². The Morgan fingerprint density at radius 3 is 2.53 bits per heavy atom. The molecule has 0 radical (unpaired) electrons. The van der Waals surface area contributed by atoms with Gasteiger partial charge >= 0.3 is 6.09 Å². The number of carbonyl (C=O) groups is 1. The highest BCUT2D eigenvalue weighted by Gasteiger charge is 2.24. The van der Waals surface area contributed by atoms with Crippen molar-refractivity contribution in [1.82, 2.24) is 20.4 Å². The number of aliphatic imine (C=N–C) groups is 1. The van der Waals surface area contributed by atoms with Gasteiger partial charge in [0, 0.05) is 37.8 Å². The van der Waals surface area contributed by atoms with Crippen molar-refractivity contribution in [3.8, 4) is 5.75 Å². The fraction of sp³-hybridized carbons (Fsp3) is 0.667. The monoisotopic (exact) mass is 447 g/mol. The first kappa shape index (κ1) is 25.8. The minimum absolute atomic E-state index is 0.218. The number of nitrogens with zero attached hydrogens (tertiary/aromatic N) is 3. The van der Waals surface area contributed by atoms with Crippen molar-refractivity contribution in [3.63, 3.8) is 0 Å². The maximum Gasteiger partial charge on any atom is 0.409 e. The molecule has 2 N–H and O–H groups in total. The van der Waals surface area contributed by atoms with Crippen LogP contribution in [0.15, 0.2) is 29.3 Å². The fourth-order valence-electron chi connectivity index (χ4n) is 3.70. The first-order valence-electron chi connectivity index (χ1n) is 12.0. The Kier molecular flexibility index (Phi) is 11.7. The van der Waals surface area contributed by atoms with E-state index in [1.807, 2.05) is 25.1 Å². The van der Waals surface area contributed by atoms with E-state index in [2.05, 4.69) is 42.4 Å². The largest absolute Gasteiger partial charge is 0.492 e. The third-order valence-electron chi connectivity index (χ3n) is 5.65. The predicted octanol–water partition coefficient (Wildman–Crippen LogP) is 3.08. The van der Waals surface area contributed by atoms with E-state index in [-0.39, 0.29) is 12.1 Å². The molecule has 0 bridgehead atoms. The fourth-order valence-corrected chi connectivity index (χ4v) is 3.70. The molecule has 1 aliphatic rings. The number of amides is 1. The van der Waals surface area contributed by atoms with Crippen LogP contribution < -0.4 is 15.4 Å². The van der Waals surface area contributed by atoms with E-state index in [0.29, 0.717) is 32.8 Å². The summed E-state index contributed by atoms with van der Waals surface area (Å²) in [7, 11) is 0. The second-order valence-electron chi connectivity index (χ2n) is 7.78. The number of nitrogens with one attached hydrogen (secondary N) is 2. The molecule has 32 heavy (non-hydrogen) atoms. The Hall–Kier alpha value is -2.48. The molecule has 0 aliphatic carbocycles. The third-order valence-corrected chi connectivity index (χ3v) is 5.65. The number of guanidine groups is 1. The molecule has 1 heterocycles. The lowest BCUT2D eigenvalue weighted by Crippen LogP contribution is -2.49. The molecule has 0 unspecified atom stereocenters. The van der Waals surface area contributed by atoms with Crippen LogP contribution >= 0.6 is 0 Å². The van der Waals surface area contributed by atoms with Crippen LogP contribution in [-0.2, 0) is 11.3 Å². The SMILES string of the molecule is CCNC(=NCc1ccccc1OCCN(CC)CC)NC1CCN(C(=O)OCC)CC1. The summed E-state index contributed by atoms with van der Waals surface area (Å²) in [6.07, 6.45) is 1.52. The van der Waals surface area contributed by atoms with Gasteiger partial charge in [-0.15, -0.1) is 0 Å². The number of hydrogen-bond acceptors (Lipinski definition) is 5. The first-order valence-corrected chi connectivity index (χ1v) is 12.0. The summed E-state index contributed by atoms with van der Waals surface area (Å²) in [4.78, 5) is 20.8. The molecule has 0 spiro atoms. The molecule has 8 nitrogen and oxygen atoms in total. The Balaban J connectivity index is 1.91. The molecular formula is C24H41N5O3. The number of ether oxygens (including phenoxy) is 2. The Morgan fingerprint density at radius 2 is 1.88 bits per heavy atom. The summed E-state index contributed by atoms with van der Waals surface area (Å²) in [6, 6.07) is 8.38. The minimum Gasteiger partial charge on any atom is -0.492 e. The molecule has 1 saturated heterocycles. The summed E-state index contributed by atoms with van der Waals surface area (Å²) >= 11 is 0. The zero-order valence-corrected chi connectivity index (χ0v) is 20.2. The molecule has 8 heteroatoms. The van der Waals surface area contributed by atoms with Gasteiger partial charge in [0.1, 0.15) is 12.4 Å². The number of likely N-dealkylation sites (N-methyl/N-ethyl adjacent to an activating group) is 1. The zero-order valence-electron chi connectivity index (χ0n) is 20.2. The van der Waals surface area contributed by atoms with Crippen molar-refractivity contribution in [1.29, 1.82) is 0 Å². The van der Waals surface area contributed by atoms with Crippen LogP contribution in [0, 0.1) is 0 Å². The van der Waals surface area contributed by atoms with Crippen LogP contribution in [0.5, 0.6) is 5.75 Å². The molecule has 1 amide bonds. The maximum atomic E-state index is 11.9. The van der Waals surface area contributed by atoms with Crippen LogP contribution in [0.3, 0.4) is 0 Å². The van der Waals surface area contributed by atoms with Gasteiger partial charge in [0.25, 0.3) is 0 Å². The number of rotatable bonds is 11. The van der Waals surface area contributed by atoms with Gasteiger partial charge in [-0.05, 0) is 45.8 Å². The van der Waals surface area contributed by atoms with E-state index in [1.165, 1.54) is 0 Å². The lowest BCUT2D eigenvalue weighted by atomic mass is 10.1. The molecule has 1 aromatic rings. The quantitative estimate of drug-likeness (QED) is 0.401. The molecule has 0 aromatic heterocycles. The second-order valence-corrected chi connectivity index (χ2v) is 7.78. The summed E-state index contributed by atoms with van der Waals surface area (Å²) in [6.45, 7) is 15.0. The highest BCUT2D eigenvalue weighted by Crippen LogP contribution is 2.19. The van der Waals surface area contributed by atoms with Gasteiger partial charge < -0.3 is 29.9 Å². The van der Waals surface area contributed by atoms with Crippen molar-refractivity contribution >= 4 is 12.1 Å². The Labute approximate surface area is 193 Å². The molecule has 0 atom stereocenters. The number of piperidine rings is 1. The highest BCUT2D eigenvalue weighted by molar-refractivity contribution is 5.80. The topological polar surface area (TPSA) is 78.4 Å². The summed E-state index contributed by atoms with van der Waals surface area (Å²) in [5.41, 5.74) is 1.07. The maximum absolute atomic E-state index is 11.9. The first-order chi connectivity index (χ1) is 15.6. The van der Waals surface area contributed by atoms with Gasteiger partial charge in [-0.25, -0.2) is 9.79 Å². The van der Waals surface area contributed by atoms with Gasteiger partial charge in [-0.2, -0.15) is 0 Å². The van der Waals surface area contributed by atoms with E-state index in [4.69, 9.17) is 14.5 Å². The summed E-state index contributed by atoms with van der Waals surface area (Å²) in [5.74, 6) is 1.68. The standard InChI is InChI=1S/C24H41N5O3/c1-5-25-23(27-21-13-15-29(16-14-21)24(30)31-8-4)26-19-20-11-9-10-12-22(20)32-18-17-28(6-2)7-3/h9-12,21H,5-8,13-19H2,1-4H3,(H2,25,26,27). The number of carbonyl (C=O) groups excluding carboxylic acids is 1. The van der Waals surface area contributed by atoms with Crippen molar-refractivity contribution in [2.45, 2.75) is 53.1 Å². The highest BCUT2D eigenvalue weighted by atomic mass is 16.6. The van der Waals surface area contributed by atoms with Gasteiger partial charge in [0.05, 0.1) is 13.2 Å². The molecule has 0 saturated carbocycles. The van der Waals surface area contributed by atoms with Crippen molar-refractivity contribution in [3.05, 3.63) is 29.8 Å². The molecule has 1 fully saturated rings. The van der Waals surface area contributed by atoms with E-state index < -0.39 is 0 Å². The molecular weight excluding hydrogens is 406 g/mol.